The first-order valence-electron chi connectivity index (χ1n) is 8.27. The summed E-state index contributed by atoms with van der Waals surface area (Å²) in [5.41, 5.74) is 5.61. The Hall–Kier alpha value is -2.42. The Kier molecular flexibility index (Phi) is 4.06. The van der Waals surface area contributed by atoms with E-state index >= 15 is 0 Å². The summed E-state index contributed by atoms with van der Waals surface area (Å²) >= 11 is 0. The van der Waals surface area contributed by atoms with Gasteiger partial charge in [0.25, 0.3) is 5.56 Å². The van der Waals surface area contributed by atoms with E-state index < -0.39 is 11.2 Å². The average Bonchev–Trinajstić information content (AvgIpc) is 2.97. The van der Waals surface area contributed by atoms with Gasteiger partial charge < -0.3 is 15.2 Å². The van der Waals surface area contributed by atoms with Crippen molar-refractivity contribution in [2.45, 2.75) is 32.9 Å². The van der Waals surface area contributed by atoms with Crippen LogP contribution in [0.3, 0.4) is 0 Å². The monoisotopic (exact) mass is 348 g/mol. The summed E-state index contributed by atoms with van der Waals surface area (Å²) < 4.78 is 3.84. The van der Waals surface area contributed by atoms with Crippen molar-refractivity contribution in [2.75, 3.05) is 13.1 Å². The minimum atomic E-state index is -0.454. The van der Waals surface area contributed by atoms with Gasteiger partial charge in [-0.05, 0) is 11.8 Å². The number of piperidine rings is 1. The second-order valence-electron chi connectivity index (χ2n) is 7.45. The van der Waals surface area contributed by atoms with Gasteiger partial charge in [-0.1, -0.05) is 13.8 Å². The maximum Gasteiger partial charge on any atom is 0.332 e. The number of nitrogens with two attached hydrogens (primary N) is 1. The molecular weight excluding hydrogens is 324 g/mol. The summed E-state index contributed by atoms with van der Waals surface area (Å²) in [5, 5.41) is 0. The molecule has 9 heteroatoms. The van der Waals surface area contributed by atoms with Crippen molar-refractivity contribution in [3.05, 3.63) is 27.2 Å². The molecule has 0 saturated carbocycles. The highest BCUT2D eigenvalue weighted by Gasteiger charge is 2.35. The van der Waals surface area contributed by atoms with E-state index in [4.69, 9.17) is 5.73 Å². The van der Waals surface area contributed by atoms with Gasteiger partial charge in [-0.2, -0.15) is 0 Å². The summed E-state index contributed by atoms with van der Waals surface area (Å²) in [6.45, 7) is 5.29. The first-order valence-corrected chi connectivity index (χ1v) is 8.27. The minimum absolute atomic E-state index is 0.00919. The van der Waals surface area contributed by atoms with Crippen LogP contribution in [0.2, 0.25) is 0 Å². The molecule has 9 nitrogen and oxygen atoms in total. The second-order valence-corrected chi connectivity index (χ2v) is 7.45. The number of aromatic nitrogens is 4. The lowest BCUT2D eigenvalue weighted by Gasteiger charge is -2.42. The number of amides is 1. The molecule has 1 aliphatic rings. The van der Waals surface area contributed by atoms with Crippen molar-refractivity contribution in [1.29, 1.82) is 0 Å². The van der Waals surface area contributed by atoms with Crippen LogP contribution in [0.15, 0.2) is 15.9 Å². The van der Waals surface area contributed by atoms with Crippen LogP contribution < -0.4 is 17.0 Å². The second kappa shape index (κ2) is 5.83. The van der Waals surface area contributed by atoms with Crippen LogP contribution >= 0.6 is 0 Å². The predicted molar refractivity (Wildman–Crippen MR) is 93.2 cm³/mol. The highest BCUT2D eigenvalue weighted by atomic mass is 16.2. The number of carbonyl (C=O) groups excluding carboxylic acids is 1. The molecular formula is C16H24N6O3. The van der Waals surface area contributed by atoms with Gasteiger partial charge in [0.05, 0.1) is 6.33 Å². The van der Waals surface area contributed by atoms with Gasteiger partial charge in [0.2, 0.25) is 5.91 Å². The summed E-state index contributed by atoms with van der Waals surface area (Å²) in [4.78, 5) is 43.0. The van der Waals surface area contributed by atoms with E-state index in [1.807, 2.05) is 0 Å². The van der Waals surface area contributed by atoms with Crippen LogP contribution in [0, 0.1) is 5.41 Å². The van der Waals surface area contributed by atoms with Gasteiger partial charge in [-0.3, -0.25) is 18.7 Å². The predicted octanol–water partition coefficient (Wildman–Crippen LogP) is -0.980. The summed E-state index contributed by atoms with van der Waals surface area (Å²) in [5.74, 6) is -0.0878. The highest BCUT2D eigenvalue weighted by molar-refractivity contribution is 5.79. The third-order valence-corrected chi connectivity index (χ3v) is 5.19. The lowest BCUT2D eigenvalue weighted by Crippen LogP contribution is -2.54. The molecule has 0 aliphatic carbocycles. The molecule has 1 unspecified atom stereocenters. The van der Waals surface area contributed by atoms with Crippen molar-refractivity contribution in [3.63, 3.8) is 0 Å². The van der Waals surface area contributed by atoms with Crippen molar-refractivity contribution < 1.29 is 4.79 Å². The molecule has 1 fully saturated rings. The summed E-state index contributed by atoms with van der Waals surface area (Å²) in [7, 11) is 2.97. The molecule has 136 valence electrons. The zero-order valence-corrected chi connectivity index (χ0v) is 15.0. The van der Waals surface area contributed by atoms with Gasteiger partial charge >= 0.3 is 5.69 Å². The van der Waals surface area contributed by atoms with E-state index in [0.717, 1.165) is 11.0 Å². The molecule has 25 heavy (non-hydrogen) atoms. The molecule has 0 aromatic carbocycles. The Morgan fingerprint density at radius 2 is 2.00 bits per heavy atom. The average molecular weight is 348 g/mol. The number of rotatable bonds is 2. The van der Waals surface area contributed by atoms with E-state index in [9.17, 15) is 14.4 Å². The van der Waals surface area contributed by atoms with Gasteiger partial charge in [-0.25, -0.2) is 9.78 Å². The fourth-order valence-corrected chi connectivity index (χ4v) is 3.35. The van der Waals surface area contributed by atoms with Crippen molar-refractivity contribution >= 4 is 17.1 Å². The number of nitrogens with zero attached hydrogens (tertiary/aromatic N) is 5. The topological polar surface area (TPSA) is 108 Å². The van der Waals surface area contributed by atoms with E-state index in [0.29, 0.717) is 13.1 Å². The number of hydrogen-bond donors (Lipinski definition) is 1. The highest BCUT2D eigenvalue weighted by Crippen LogP contribution is 2.27. The van der Waals surface area contributed by atoms with Crippen molar-refractivity contribution in [2.24, 2.45) is 25.2 Å². The van der Waals surface area contributed by atoms with Crippen LogP contribution in [-0.4, -0.2) is 48.6 Å². The van der Waals surface area contributed by atoms with Crippen LogP contribution in [0.5, 0.6) is 0 Å². The molecule has 3 heterocycles. The first kappa shape index (κ1) is 17.4. The molecule has 2 N–H and O–H groups in total. The van der Waals surface area contributed by atoms with Crippen molar-refractivity contribution in [3.8, 4) is 0 Å². The molecule has 0 bridgehead atoms. The van der Waals surface area contributed by atoms with E-state index in [2.05, 4.69) is 18.8 Å². The number of imidazole rings is 1. The molecule has 1 aliphatic heterocycles. The number of hydrogen-bond acceptors (Lipinski definition) is 5. The Balaban J connectivity index is 1.93. The van der Waals surface area contributed by atoms with Gasteiger partial charge in [0.1, 0.15) is 6.54 Å². The Morgan fingerprint density at radius 3 is 2.64 bits per heavy atom. The Bertz CT molecular complexity index is 951. The molecule has 0 spiro atoms. The molecule has 1 amide bonds. The van der Waals surface area contributed by atoms with Crippen LogP contribution in [0.1, 0.15) is 20.3 Å². The van der Waals surface area contributed by atoms with Crippen LogP contribution in [0.4, 0.5) is 0 Å². The standard InChI is InChI=1S/C16H24N6O3/c1-16(2)8-21(6-5-10(16)17)11(23)7-22-9-18-13-12(22)14(24)20(4)15(25)19(13)3/h9-10H,5-8,17H2,1-4H3. The number of carbonyl (C=O) groups is 1. The smallest absolute Gasteiger partial charge is 0.332 e. The third-order valence-electron chi connectivity index (χ3n) is 5.19. The normalized spacial score (nSPS) is 20.2. The van der Waals surface area contributed by atoms with Gasteiger partial charge in [0, 0.05) is 33.2 Å². The third kappa shape index (κ3) is 2.78. The molecule has 1 saturated heterocycles. The fourth-order valence-electron chi connectivity index (χ4n) is 3.35. The van der Waals surface area contributed by atoms with Crippen molar-refractivity contribution in [1.82, 2.24) is 23.6 Å². The quantitative estimate of drug-likeness (QED) is 0.750. The van der Waals surface area contributed by atoms with Crippen LogP contribution in [0.25, 0.3) is 11.2 Å². The van der Waals surface area contributed by atoms with Gasteiger partial charge in [0.15, 0.2) is 11.2 Å². The van der Waals surface area contributed by atoms with E-state index in [1.54, 1.807) is 11.9 Å². The maximum absolute atomic E-state index is 12.7. The lowest BCUT2D eigenvalue weighted by molar-refractivity contribution is -0.135. The molecule has 0 radical (unpaired) electrons. The first-order chi connectivity index (χ1) is 11.6. The summed E-state index contributed by atoms with van der Waals surface area (Å²) in [6.07, 6.45) is 2.18. The van der Waals surface area contributed by atoms with Gasteiger partial charge in [-0.15, -0.1) is 0 Å². The zero-order chi connectivity index (χ0) is 18.5. The largest absolute Gasteiger partial charge is 0.340 e. The number of aryl methyl sites for hydroxylation is 1. The molecule has 3 rings (SSSR count). The zero-order valence-electron chi connectivity index (χ0n) is 15.0. The van der Waals surface area contributed by atoms with E-state index in [-0.39, 0.29) is 35.1 Å². The fraction of sp³-hybridized carbons (Fsp3) is 0.625. The molecule has 1 atom stereocenters. The van der Waals surface area contributed by atoms with E-state index in [1.165, 1.54) is 22.5 Å². The number of fused-ring (bicyclic) bond motifs is 1. The maximum atomic E-state index is 12.7. The molecule has 2 aromatic heterocycles. The molecule has 2 aromatic rings. The lowest BCUT2D eigenvalue weighted by atomic mass is 9.79. The SMILES string of the molecule is Cn1c(=O)c2c(ncn2CC(=O)N2CCC(N)C(C)(C)C2)n(C)c1=O. The van der Waals surface area contributed by atoms with Crippen LogP contribution in [-0.2, 0) is 25.4 Å². The Labute approximate surface area is 144 Å². The minimum Gasteiger partial charge on any atom is -0.340 e. The summed E-state index contributed by atoms with van der Waals surface area (Å²) in [6, 6.07) is 0.0624. The number of likely N-dealkylation sites (tertiary alicyclic amines) is 1. The Morgan fingerprint density at radius 1 is 1.32 bits per heavy atom.